The number of rotatable bonds is 7. The quantitative estimate of drug-likeness (QED) is 0.682. The summed E-state index contributed by atoms with van der Waals surface area (Å²) in [5.41, 5.74) is 0.822. The van der Waals surface area contributed by atoms with Gasteiger partial charge in [0.1, 0.15) is 11.3 Å². The van der Waals surface area contributed by atoms with Gasteiger partial charge in [-0.05, 0) is 49.6 Å². The molecule has 0 unspecified atom stereocenters. The van der Waals surface area contributed by atoms with E-state index in [1.165, 1.54) is 0 Å². The van der Waals surface area contributed by atoms with Crippen molar-refractivity contribution in [3.63, 3.8) is 0 Å². The van der Waals surface area contributed by atoms with E-state index < -0.39 is 5.54 Å². The van der Waals surface area contributed by atoms with E-state index in [2.05, 4.69) is 16.0 Å². The lowest BCUT2D eigenvalue weighted by Crippen LogP contribution is -2.57. The van der Waals surface area contributed by atoms with Gasteiger partial charge in [-0.2, -0.15) is 0 Å². The zero-order valence-electron chi connectivity index (χ0n) is 16.2. The molecule has 0 heterocycles. The average molecular weight is 381 g/mol. The van der Waals surface area contributed by atoms with Gasteiger partial charge in [-0.3, -0.25) is 4.79 Å². The van der Waals surface area contributed by atoms with Crippen molar-refractivity contribution in [3.8, 4) is 5.75 Å². The number of carbonyl (C=O) groups is 2. The molecule has 3 amide bonds. The van der Waals surface area contributed by atoms with Gasteiger partial charge in [-0.15, -0.1) is 0 Å². The number of nitrogens with one attached hydrogen (secondary N) is 3. The van der Waals surface area contributed by atoms with E-state index in [1.807, 2.05) is 49.4 Å². The number of anilines is 1. The Labute approximate surface area is 165 Å². The van der Waals surface area contributed by atoms with Gasteiger partial charge in [-0.25, -0.2) is 4.79 Å². The van der Waals surface area contributed by atoms with Crippen molar-refractivity contribution in [2.45, 2.75) is 44.7 Å². The Hall–Kier alpha value is -3.02. The summed E-state index contributed by atoms with van der Waals surface area (Å²) in [7, 11) is 0. The lowest BCUT2D eigenvalue weighted by atomic mass is 9.96. The SMILES string of the molecule is CCOc1ccc(NC(=O)C2(NC(=O)NCc3ccccc3)CCCC2)cc1. The predicted octanol–water partition coefficient (Wildman–Crippen LogP) is 3.84. The average Bonchev–Trinajstić information content (AvgIpc) is 3.19. The largest absolute Gasteiger partial charge is 0.494 e. The van der Waals surface area contributed by atoms with Crippen LogP contribution in [0.4, 0.5) is 10.5 Å². The van der Waals surface area contributed by atoms with Crippen molar-refractivity contribution in [1.29, 1.82) is 0 Å². The second-order valence-electron chi connectivity index (χ2n) is 6.99. The molecule has 1 saturated carbocycles. The van der Waals surface area contributed by atoms with Crippen LogP contribution < -0.4 is 20.7 Å². The standard InChI is InChI=1S/C22H27N3O3/c1-2-28-19-12-10-18(11-13-19)24-20(26)22(14-6-7-15-22)25-21(27)23-16-17-8-4-3-5-9-17/h3-5,8-13H,2,6-7,14-16H2,1H3,(H,24,26)(H2,23,25,27). The van der Waals surface area contributed by atoms with Gasteiger partial charge < -0.3 is 20.7 Å². The number of carbonyl (C=O) groups excluding carboxylic acids is 2. The summed E-state index contributed by atoms with van der Waals surface area (Å²) in [6.07, 6.45) is 3.09. The van der Waals surface area contributed by atoms with Gasteiger partial charge in [0.15, 0.2) is 0 Å². The van der Waals surface area contributed by atoms with Gasteiger partial charge in [-0.1, -0.05) is 43.2 Å². The molecule has 1 aliphatic rings. The summed E-state index contributed by atoms with van der Waals surface area (Å²) < 4.78 is 5.42. The molecule has 1 fully saturated rings. The van der Waals surface area contributed by atoms with Crippen LogP contribution in [0.1, 0.15) is 38.2 Å². The van der Waals surface area contributed by atoms with Crippen LogP contribution in [0.15, 0.2) is 54.6 Å². The Morgan fingerprint density at radius 1 is 1.00 bits per heavy atom. The van der Waals surface area contributed by atoms with Gasteiger partial charge >= 0.3 is 6.03 Å². The third-order valence-electron chi connectivity index (χ3n) is 4.96. The molecule has 148 valence electrons. The van der Waals surface area contributed by atoms with E-state index >= 15 is 0 Å². The maximum atomic E-state index is 13.0. The molecule has 0 aliphatic heterocycles. The number of ether oxygens (including phenoxy) is 1. The van der Waals surface area contributed by atoms with Crippen molar-refractivity contribution in [3.05, 3.63) is 60.2 Å². The smallest absolute Gasteiger partial charge is 0.315 e. The Morgan fingerprint density at radius 2 is 1.68 bits per heavy atom. The van der Waals surface area contributed by atoms with E-state index in [0.29, 0.717) is 31.7 Å². The zero-order valence-corrected chi connectivity index (χ0v) is 16.2. The molecule has 6 nitrogen and oxygen atoms in total. The van der Waals surface area contributed by atoms with Crippen molar-refractivity contribution in [2.24, 2.45) is 0 Å². The third-order valence-corrected chi connectivity index (χ3v) is 4.96. The van der Waals surface area contributed by atoms with E-state index in [9.17, 15) is 9.59 Å². The van der Waals surface area contributed by atoms with E-state index in [-0.39, 0.29) is 11.9 Å². The molecule has 28 heavy (non-hydrogen) atoms. The van der Waals surface area contributed by atoms with E-state index in [4.69, 9.17) is 4.74 Å². The van der Waals surface area contributed by atoms with Crippen LogP contribution in [0.3, 0.4) is 0 Å². The van der Waals surface area contributed by atoms with Gasteiger partial charge in [0.2, 0.25) is 5.91 Å². The molecule has 0 radical (unpaired) electrons. The van der Waals surface area contributed by atoms with Gasteiger partial charge in [0, 0.05) is 12.2 Å². The molecule has 0 bridgehead atoms. The van der Waals surface area contributed by atoms with E-state index in [0.717, 1.165) is 24.2 Å². The second-order valence-corrected chi connectivity index (χ2v) is 6.99. The van der Waals surface area contributed by atoms with Crippen LogP contribution in [0.2, 0.25) is 0 Å². The van der Waals surface area contributed by atoms with Crippen LogP contribution in [0.5, 0.6) is 5.75 Å². The monoisotopic (exact) mass is 381 g/mol. The number of amides is 3. The summed E-state index contributed by atoms with van der Waals surface area (Å²) in [6, 6.07) is 16.6. The first-order valence-electron chi connectivity index (χ1n) is 9.75. The minimum Gasteiger partial charge on any atom is -0.494 e. The van der Waals surface area contributed by atoms with Crippen molar-refractivity contribution in [2.75, 3.05) is 11.9 Å². The Bertz CT molecular complexity index is 784. The Morgan fingerprint density at radius 3 is 2.32 bits per heavy atom. The Kier molecular flexibility index (Phi) is 6.53. The molecule has 1 aliphatic carbocycles. The van der Waals surface area contributed by atoms with Crippen LogP contribution >= 0.6 is 0 Å². The molecule has 0 aromatic heterocycles. The summed E-state index contributed by atoms with van der Waals surface area (Å²) in [6.45, 7) is 2.94. The van der Waals surface area contributed by atoms with Crippen molar-refractivity contribution in [1.82, 2.24) is 10.6 Å². The van der Waals surface area contributed by atoms with Crippen LogP contribution in [0.25, 0.3) is 0 Å². The summed E-state index contributed by atoms with van der Waals surface area (Å²) in [5.74, 6) is 0.582. The number of hydrogen-bond donors (Lipinski definition) is 3. The van der Waals surface area contributed by atoms with Crippen LogP contribution in [-0.4, -0.2) is 24.1 Å². The fourth-order valence-corrected chi connectivity index (χ4v) is 3.48. The number of urea groups is 1. The molecule has 0 spiro atoms. The number of hydrogen-bond acceptors (Lipinski definition) is 3. The fraction of sp³-hybridized carbons (Fsp3) is 0.364. The lowest BCUT2D eigenvalue weighted by molar-refractivity contribution is -0.121. The highest BCUT2D eigenvalue weighted by molar-refractivity contribution is 6.00. The third kappa shape index (κ3) is 5.03. The summed E-state index contributed by atoms with van der Waals surface area (Å²) in [4.78, 5) is 25.4. The molecular weight excluding hydrogens is 354 g/mol. The van der Waals surface area contributed by atoms with Crippen molar-refractivity contribution < 1.29 is 14.3 Å². The predicted molar refractivity (Wildman–Crippen MR) is 109 cm³/mol. The minimum absolute atomic E-state index is 0.177. The molecule has 3 N–H and O–H groups in total. The van der Waals surface area contributed by atoms with Gasteiger partial charge in [0.05, 0.1) is 6.61 Å². The normalized spacial score (nSPS) is 14.9. The molecule has 2 aromatic rings. The summed E-state index contributed by atoms with van der Waals surface area (Å²) >= 11 is 0. The molecule has 2 aromatic carbocycles. The van der Waals surface area contributed by atoms with E-state index in [1.54, 1.807) is 12.1 Å². The molecule has 0 atom stereocenters. The maximum absolute atomic E-state index is 13.0. The topological polar surface area (TPSA) is 79.5 Å². The second kappa shape index (κ2) is 9.26. The molecular formula is C22H27N3O3. The first-order valence-corrected chi connectivity index (χ1v) is 9.75. The maximum Gasteiger partial charge on any atom is 0.315 e. The first kappa shape index (κ1) is 19.7. The first-order chi connectivity index (χ1) is 13.6. The van der Waals surface area contributed by atoms with Crippen LogP contribution in [0, 0.1) is 0 Å². The Balaban J connectivity index is 1.60. The van der Waals surface area contributed by atoms with Gasteiger partial charge in [0.25, 0.3) is 0 Å². The summed E-state index contributed by atoms with van der Waals surface area (Å²) in [5, 5.41) is 8.71. The lowest BCUT2D eigenvalue weighted by Gasteiger charge is -2.29. The molecule has 6 heteroatoms. The molecule has 3 rings (SSSR count). The highest BCUT2D eigenvalue weighted by Gasteiger charge is 2.42. The highest BCUT2D eigenvalue weighted by Crippen LogP contribution is 2.31. The fourth-order valence-electron chi connectivity index (χ4n) is 3.48. The zero-order chi connectivity index (χ0) is 19.8. The minimum atomic E-state index is -0.876. The van der Waals surface area contributed by atoms with Crippen molar-refractivity contribution >= 4 is 17.6 Å². The number of benzene rings is 2. The molecule has 0 saturated heterocycles. The highest BCUT2D eigenvalue weighted by atomic mass is 16.5. The van der Waals surface area contributed by atoms with Crippen LogP contribution in [-0.2, 0) is 11.3 Å².